The van der Waals surface area contributed by atoms with Gasteiger partial charge in [0.1, 0.15) is 0 Å². The van der Waals surface area contributed by atoms with E-state index in [1.54, 1.807) is 0 Å². The van der Waals surface area contributed by atoms with Crippen LogP contribution in [0.25, 0.3) is 0 Å². The van der Waals surface area contributed by atoms with Gasteiger partial charge in [-0.05, 0) is 37.1 Å². The minimum absolute atomic E-state index is 0.734. The molecule has 1 heterocycles. The third kappa shape index (κ3) is 6.17. The van der Waals surface area contributed by atoms with Crippen LogP contribution in [0.3, 0.4) is 0 Å². The number of aromatic nitrogens is 2. The van der Waals surface area contributed by atoms with Crippen molar-refractivity contribution in [1.82, 2.24) is 10.2 Å². The maximum absolute atomic E-state index is 4.94. The highest BCUT2D eigenvalue weighted by atomic mass is 32.2. The molecule has 0 aliphatic heterocycles. The number of rotatable bonds is 8. The smallest absolute Gasteiger partial charge is 0.204 e. The Morgan fingerprint density at radius 1 is 1.40 bits per heavy atom. The molecule has 0 fully saturated rings. The predicted octanol–water partition coefficient (Wildman–Crippen LogP) is 3.54. The van der Waals surface area contributed by atoms with E-state index in [1.165, 1.54) is 42.8 Å². The summed E-state index contributed by atoms with van der Waals surface area (Å²) in [6, 6.07) is 0. The highest BCUT2D eigenvalue weighted by Gasteiger charge is 1.95. The standard InChI is InChI=1S/C9H17N3S3/c1-14-7-5-3-2-4-6-10-8-11-12-9(13)15-8/h2-7H2,1H3,(H,10,11)(H,12,13). The van der Waals surface area contributed by atoms with Gasteiger partial charge >= 0.3 is 0 Å². The van der Waals surface area contributed by atoms with Crippen molar-refractivity contribution in [3.05, 3.63) is 3.95 Å². The molecule has 0 spiro atoms. The van der Waals surface area contributed by atoms with Gasteiger partial charge in [-0.3, -0.25) is 5.10 Å². The Morgan fingerprint density at radius 2 is 2.20 bits per heavy atom. The lowest BCUT2D eigenvalue weighted by Gasteiger charge is -2.01. The second-order valence-electron chi connectivity index (χ2n) is 3.25. The van der Waals surface area contributed by atoms with Gasteiger partial charge in [0.15, 0.2) is 3.95 Å². The molecule has 1 aromatic rings. The Balaban J connectivity index is 1.95. The molecule has 15 heavy (non-hydrogen) atoms. The first-order valence-corrected chi connectivity index (χ1v) is 7.73. The van der Waals surface area contributed by atoms with E-state index in [4.69, 9.17) is 12.2 Å². The van der Waals surface area contributed by atoms with Crippen molar-refractivity contribution in [3.8, 4) is 0 Å². The molecule has 0 radical (unpaired) electrons. The lowest BCUT2D eigenvalue weighted by atomic mass is 10.2. The van der Waals surface area contributed by atoms with Crippen LogP contribution in [0.1, 0.15) is 25.7 Å². The number of unbranched alkanes of at least 4 members (excludes halogenated alkanes) is 3. The Morgan fingerprint density at radius 3 is 2.87 bits per heavy atom. The lowest BCUT2D eigenvalue weighted by molar-refractivity contribution is 0.688. The summed E-state index contributed by atoms with van der Waals surface area (Å²) in [7, 11) is 0. The molecular formula is C9H17N3S3. The molecule has 1 aromatic heterocycles. The fraction of sp³-hybridized carbons (Fsp3) is 0.778. The number of thioether (sulfide) groups is 1. The third-order valence-corrected chi connectivity index (χ3v) is 3.73. The predicted molar refractivity (Wildman–Crippen MR) is 72.6 cm³/mol. The van der Waals surface area contributed by atoms with Gasteiger partial charge in [-0.15, -0.1) is 5.10 Å². The van der Waals surface area contributed by atoms with Crippen LogP contribution in [-0.4, -0.2) is 28.8 Å². The summed E-state index contributed by atoms with van der Waals surface area (Å²) >= 11 is 8.36. The first-order valence-electron chi connectivity index (χ1n) is 5.11. The molecule has 6 heteroatoms. The van der Waals surface area contributed by atoms with E-state index in [-0.39, 0.29) is 0 Å². The molecule has 0 amide bonds. The Kier molecular flexibility index (Phi) is 7.04. The molecule has 0 aromatic carbocycles. The van der Waals surface area contributed by atoms with Crippen molar-refractivity contribution in [2.75, 3.05) is 23.9 Å². The largest absolute Gasteiger partial charge is 0.360 e. The molecule has 0 unspecified atom stereocenters. The molecule has 0 atom stereocenters. The Hall–Kier alpha value is -0.0700. The monoisotopic (exact) mass is 263 g/mol. The van der Waals surface area contributed by atoms with Crippen LogP contribution in [0.2, 0.25) is 0 Å². The van der Waals surface area contributed by atoms with Gasteiger partial charge in [-0.2, -0.15) is 11.8 Å². The molecule has 0 bridgehead atoms. The summed E-state index contributed by atoms with van der Waals surface area (Å²) < 4.78 is 0.734. The van der Waals surface area contributed by atoms with E-state index in [1.807, 2.05) is 11.8 Å². The van der Waals surface area contributed by atoms with E-state index in [9.17, 15) is 0 Å². The number of nitrogens with zero attached hydrogens (tertiary/aromatic N) is 1. The van der Waals surface area contributed by atoms with E-state index in [0.29, 0.717) is 0 Å². The molecule has 86 valence electrons. The molecule has 3 nitrogen and oxygen atoms in total. The molecule has 0 saturated heterocycles. The maximum atomic E-state index is 4.94. The highest BCUT2D eigenvalue weighted by molar-refractivity contribution is 7.98. The van der Waals surface area contributed by atoms with Crippen LogP contribution in [0.5, 0.6) is 0 Å². The maximum Gasteiger partial charge on any atom is 0.204 e. The van der Waals surface area contributed by atoms with Gasteiger partial charge in [-0.1, -0.05) is 24.2 Å². The third-order valence-electron chi connectivity index (χ3n) is 1.99. The van der Waals surface area contributed by atoms with Crippen molar-refractivity contribution in [2.45, 2.75) is 25.7 Å². The van der Waals surface area contributed by atoms with E-state index < -0.39 is 0 Å². The SMILES string of the molecule is CSCCCCCCNc1n[nH]c(=S)s1. The van der Waals surface area contributed by atoms with Crippen LogP contribution in [0, 0.1) is 3.95 Å². The van der Waals surface area contributed by atoms with Gasteiger partial charge in [0, 0.05) is 6.54 Å². The first-order chi connectivity index (χ1) is 7.33. The summed E-state index contributed by atoms with van der Waals surface area (Å²) in [5, 5.41) is 11.0. The molecule has 0 aliphatic carbocycles. The number of aromatic amines is 1. The summed E-state index contributed by atoms with van der Waals surface area (Å²) in [5.74, 6) is 1.29. The van der Waals surface area contributed by atoms with E-state index in [0.717, 1.165) is 15.6 Å². The second kappa shape index (κ2) is 8.13. The van der Waals surface area contributed by atoms with Crippen LogP contribution in [0.15, 0.2) is 0 Å². The molecule has 0 saturated carbocycles. The molecule has 2 N–H and O–H groups in total. The fourth-order valence-corrected chi connectivity index (χ4v) is 2.53. The highest BCUT2D eigenvalue weighted by Crippen LogP contribution is 2.11. The summed E-state index contributed by atoms with van der Waals surface area (Å²) in [6.45, 7) is 0.995. The molecule has 0 aliphatic rings. The average Bonchev–Trinajstić information content (AvgIpc) is 2.63. The minimum Gasteiger partial charge on any atom is -0.360 e. The van der Waals surface area contributed by atoms with Crippen molar-refractivity contribution in [3.63, 3.8) is 0 Å². The van der Waals surface area contributed by atoms with Crippen LogP contribution < -0.4 is 5.32 Å². The topological polar surface area (TPSA) is 40.7 Å². The van der Waals surface area contributed by atoms with Crippen LogP contribution in [-0.2, 0) is 0 Å². The van der Waals surface area contributed by atoms with Crippen molar-refractivity contribution < 1.29 is 0 Å². The summed E-state index contributed by atoms with van der Waals surface area (Å²) in [6.07, 6.45) is 7.33. The van der Waals surface area contributed by atoms with E-state index in [2.05, 4.69) is 21.8 Å². The van der Waals surface area contributed by atoms with Gasteiger partial charge in [0.05, 0.1) is 0 Å². The average molecular weight is 263 g/mol. The van der Waals surface area contributed by atoms with Gasteiger partial charge < -0.3 is 5.32 Å². The van der Waals surface area contributed by atoms with Crippen molar-refractivity contribution >= 4 is 40.4 Å². The number of H-pyrrole nitrogens is 1. The van der Waals surface area contributed by atoms with E-state index >= 15 is 0 Å². The fourth-order valence-electron chi connectivity index (χ4n) is 1.23. The Labute approximate surface area is 104 Å². The normalized spacial score (nSPS) is 10.5. The lowest BCUT2D eigenvalue weighted by Crippen LogP contribution is -2.00. The second-order valence-corrected chi connectivity index (χ2v) is 5.90. The number of hydrogen-bond acceptors (Lipinski definition) is 5. The van der Waals surface area contributed by atoms with Crippen molar-refractivity contribution in [1.29, 1.82) is 0 Å². The van der Waals surface area contributed by atoms with Gasteiger partial charge in [0.2, 0.25) is 5.13 Å². The first kappa shape index (κ1) is 13.0. The number of anilines is 1. The zero-order valence-electron chi connectivity index (χ0n) is 8.91. The zero-order chi connectivity index (χ0) is 10.9. The summed E-state index contributed by atoms with van der Waals surface area (Å²) in [4.78, 5) is 0. The number of hydrogen-bond donors (Lipinski definition) is 2. The van der Waals surface area contributed by atoms with Gasteiger partial charge in [0.25, 0.3) is 0 Å². The van der Waals surface area contributed by atoms with Crippen LogP contribution >= 0.6 is 35.3 Å². The Bertz CT molecular complexity index is 308. The van der Waals surface area contributed by atoms with Gasteiger partial charge in [-0.25, -0.2) is 0 Å². The zero-order valence-corrected chi connectivity index (χ0v) is 11.4. The molecule has 1 rings (SSSR count). The summed E-state index contributed by atoms with van der Waals surface area (Å²) in [5.41, 5.74) is 0. The molecular weight excluding hydrogens is 246 g/mol. The van der Waals surface area contributed by atoms with Crippen LogP contribution in [0.4, 0.5) is 5.13 Å². The van der Waals surface area contributed by atoms with Crippen molar-refractivity contribution in [2.24, 2.45) is 0 Å². The number of nitrogens with one attached hydrogen (secondary N) is 2. The minimum atomic E-state index is 0.734. The quantitative estimate of drug-likeness (QED) is 0.556.